The molecule has 0 bridgehead atoms. The zero-order valence-electron chi connectivity index (χ0n) is 16.0. The number of carbonyl (C=O) groups excluding carboxylic acids is 2. The van der Waals surface area contributed by atoms with Crippen molar-refractivity contribution in [3.05, 3.63) is 93.0 Å². The van der Waals surface area contributed by atoms with E-state index in [0.717, 1.165) is 17.0 Å². The van der Waals surface area contributed by atoms with Crippen LogP contribution in [0, 0.1) is 22.9 Å². The van der Waals surface area contributed by atoms with E-state index in [1.165, 1.54) is 42.5 Å². The number of rotatable bonds is 4. The zero-order chi connectivity index (χ0) is 22.3. The molecule has 31 heavy (non-hydrogen) atoms. The van der Waals surface area contributed by atoms with Gasteiger partial charge in [0.2, 0.25) is 0 Å². The van der Waals surface area contributed by atoms with Gasteiger partial charge in [0.1, 0.15) is 17.3 Å². The molecule has 2 heterocycles. The monoisotopic (exact) mass is 423 g/mol. The van der Waals surface area contributed by atoms with Crippen LogP contribution in [0.4, 0.5) is 15.9 Å². The number of aryl methyl sites for hydroxylation is 1. The molecule has 1 atom stereocenters. The molecule has 1 fully saturated rings. The fourth-order valence-electron chi connectivity index (χ4n) is 3.42. The topological polar surface area (TPSA) is 127 Å². The summed E-state index contributed by atoms with van der Waals surface area (Å²) in [7, 11) is 0. The maximum absolute atomic E-state index is 13.3. The van der Waals surface area contributed by atoms with Gasteiger partial charge in [0.05, 0.1) is 16.5 Å². The Kier molecular flexibility index (Phi) is 4.82. The molecule has 2 aromatic carbocycles. The van der Waals surface area contributed by atoms with Crippen LogP contribution in [0.1, 0.15) is 22.9 Å². The highest BCUT2D eigenvalue weighted by Crippen LogP contribution is 2.42. The quantitative estimate of drug-likeness (QED) is 0.223. The number of Topliss-reactive ketones (excluding diaryl/α,β-unsaturated/α-hetero) is 1. The van der Waals surface area contributed by atoms with Crippen molar-refractivity contribution in [2.45, 2.75) is 13.0 Å². The molecule has 0 spiro atoms. The molecule has 4 rings (SSSR count). The van der Waals surface area contributed by atoms with E-state index in [1.54, 1.807) is 6.92 Å². The lowest BCUT2D eigenvalue weighted by molar-refractivity contribution is -0.384. The van der Waals surface area contributed by atoms with Crippen molar-refractivity contribution in [2.24, 2.45) is 0 Å². The molecule has 0 unspecified atom stereocenters. The summed E-state index contributed by atoms with van der Waals surface area (Å²) >= 11 is 0. The lowest BCUT2D eigenvalue weighted by Crippen LogP contribution is -2.29. The molecule has 0 saturated carbocycles. The number of benzene rings is 2. The number of amides is 1. The van der Waals surface area contributed by atoms with E-state index in [2.05, 4.69) is 5.16 Å². The number of non-ortho nitro benzene ring substituents is 1. The number of anilines is 1. The van der Waals surface area contributed by atoms with Gasteiger partial charge in [0.15, 0.2) is 5.82 Å². The summed E-state index contributed by atoms with van der Waals surface area (Å²) in [6.07, 6.45) is 0. The first-order chi connectivity index (χ1) is 14.8. The molecule has 1 saturated heterocycles. The van der Waals surface area contributed by atoms with Crippen molar-refractivity contribution >= 4 is 29.0 Å². The molecule has 1 aliphatic rings. The maximum Gasteiger partial charge on any atom is 0.301 e. The fraction of sp³-hybridized carbons (Fsp3) is 0.0952. The van der Waals surface area contributed by atoms with Crippen LogP contribution in [0.15, 0.2) is 64.7 Å². The number of aliphatic hydroxyl groups is 1. The Bertz CT molecular complexity index is 1250. The number of nitro groups is 1. The van der Waals surface area contributed by atoms with E-state index in [-0.39, 0.29) is 28.2 Å². The lowest BCUT2D eigenvalue weighted by Gasteiger charge is -2.22. The molecule has 1 N–H and O–H groups in total. The Labute approximate surface area is 174 Å². The summed E-state index contributed by atoms with van der Waals surface area (Å²) in [5.74, 6) is -2.72. The SMILES string of the molecule is Cc1cc(N2C(=O)C(=O)C(=C(O)c3ccc(F)cc3)[C@H]2c2cccc([N+](=O)[O-])c2)no1. The number of aliphatic hydroxyl groups excluding tert-OH is 1. The van der Waals surface area contributed by atoms with Crippen molar-refractivity contribution in [3.63, 3.8) is 0 Å². The Morgan fingerprint density at radius 2 is 1.90 bits per heavy atom. The standard InChI is InChI=1S/C21H14FN3O6/c1-11-9-16(23-31-11)24-18(13-3-2-4-15(10-13)25(29)30)17(20(27)21(24)28)19(26)12-5-7-14(22)8-6-12/h2-10,18,26H,1H3/t18-/m1/s1. The number of nitrogens with zero attached hydrogens (tertiary/aromatic N) is 3. The first-order valence-electron chi connectivity index (χ1n) is 9.02. The number of halogens is 1. The van der Waals surface area contributed by atoms with Gasteiger partial charge >= 0.3 is 5.91 Å². The summed E-state index contributed by atoms with van der Waals surface area (Å²) in [6.45, 7) is 1.59. The Morgan fingerprint density at radius 1 is 1.19 bits per heavy atom. The van der Waals surface area contributed by atoms with E-state index < -0.39 is 34.2 Å². The zero-order valence-corrected chi connectivity index (χ0v) is 16.0. The summed E-state index contributed by atoms with van der Waals surface area (Å²) in [4.78, 5) is 37.4. The molecule has 1 aliphatic heterocycles. The molecule has 9 nitrogen and oxygen atoms in total. The van der Waals surface area contributed by atoms with Crippen LogP contribution < -0.4 is 4.90 Å². The van der Waals surface area contributed by atoms with Crippen LogP contribution in [0.25, 0.3) is 5.76 Å². The molecule has 0 radical (unpaired) electrons. The second kappa shape index (κ2) is 7.48. The van der Waals surface area contributed by atoms with Gasteiger partial charge < -0.3 is 9.63 Å². The Morgan fingerprint density at radius 3 is 2.52 bits per heavy atom. The third-order valence-electron chi connectivity index (χ3n) is 4.82. The molecular formula is C21H14FN3O6. The smallest absolute Gasteiger partial charge is 0.301 e. The molecule has 1 amide bonds. The highest BCUT2D eigenvalue weighted by molar-refractivity contribution is 6.51. The lowest BCUT2D eigenvalue weighted by atomic mass is 9.95. The van der Waals surface area contributed by atoms with Gasteiger partial charge in [-0.2, -0.15) is 0 Å². The molecule has 3 aromatic rings. The van der Waals surface area contributed by atoms with Gasteiger partial charge in [-0.25, -0.2) is 4.39 Å². The van der Waals surface area contributed by atoms with Crippen LogP contribution >= 0.6 is 0 Å². The maximum atomic E-state index is 13.3. The average molecular weight is 423 g/mol. The van der Waals surface area contributed by atoms with E-state index in [1.807, 2.05) is 0 Å². The van der Waals surface area contributed by atoms with Gasteiger partial charge in [0.25, 0.3) is 11.5 Å². The van der Waals surface area contributed by atoms with E-state index >= 15 is 0 Å². The summed E-state index contributed by atoms with van der Waals surface area (Å²) in [5.41, 5.74) is -0.261. The van der Waals surface area contributed by atoms with Crippen LogP contribution in [0.5, 0.6) is 0 Å². The van der Waals surface area contributed by atoms with E-state index in [9.17, 15) is 29.2 Å². The van der Waals surface area contributed by atoms with Gasteiger partial charge in [-0.05, 0) is 36.8 Å². The molecule has 1 aromatic heterocycles. The largest absolute Gasteiger partial charge is 0.507 e. The number of hydrogen-bond acceptors (Lipinski definition) is 7. The van der Waals surface area contributed by atoms with Crippen molar-refractivity contribution in [2.75, 3.05) is 4.90 Å². The normalized spacial score (nSPS) is 17.9. The number of aromatic nitrogens is 1. The summed E-state index contributed by atoms with van der Waals surface area (Å²) in [6, 6.07) is 10.3. The molecular weight excluding hydrogens is 409 g/mol. The molecule has 10 heteroatoms. The van der Waals surface area contributed by atoms with Crippen molar-refractivity contribution in [1.29, 1.82) is 0 Å². The van der Waals surface area contributed by atoms with Crippen LogP contribution in [-0.2, 0) is 9.59 Å². The van der Waals surface area contributed by atoms with Gasteiger partial charge in [-0.1, -0.05) is 17.3 Å². The highest BCUT2D eigenvalue weighted by Gasteiger charge is 2.48. The highest BCUT2D eigenvalue weighted by atomic mass is 19.1. The van der Waals surface area contributed by atoms with Gasteiger partial charge in [-0.3, -0.25) is 24.6 Å². The molecule has 0 aliphatic carbocycles. The van der Waals surface area contributed by atoms with Crippen LogP contribution in [0.3, 0.4) is 0 Å². The Balaban J connectivity index is 1.96. The summed E-state index contributed by atoms with van der Waals surface area (Å²) < 4.78 is 18.3. The number of hydrogen-bond donors (Lipinski definition) is 1. The third kappa shape index (κ3) is 3.44. The number of nitro benzene ring substituents is 1. The number of carbonyl (C=O) groups is 2. The first-order valence-corrected chi connectivity index (χ1v) is 9.02. The van der Waals surface area contributed by atoms with E-state index in [0.29, 0.717) is 5.76 Å². The predicted molar refractivity (Wildman–Crippen MR) is 106 cm³/mol. The minimum atomic E-state index is -1.21. The fourth-order valence-corrected chi connectivity index (χ4v) is 3.42. The van der Waals surface area contributed by atoms with Crippen LogP contribution in [0.2, 0.25) is 0 Å². The minimum absolute atomic E-state index is 0.00858. The first kappa shape index (κ1) is 20.0. The second-order valence-electron chi connectivity index (χ2n) is 6.82. The average Bonchev–Trinajstić information content (AvgIpc) is 3.29. The third-order valence-corrected chi connectivity index (χ3v) is 4.82. The van der Waals surface area contributed by atoms with E-state index in [4.69, 9.17) is 4.52 Å². The minimum Gasteiger partial charge on any atom is -0.507 e. The van der Waals surface area contributed by atoms with Gasteiger partial charge in [0, 0.05) is 23.8 Å². The van der Waals surface area contributed by atoms with Crippen molar-refractivity contribution in [3.8, 4) is 0 Å². The predicted octanol–water partition coefficient (Wildman–Crippen LogP) is 3.66. The summed E-state index contributed by atoms with van der Waals surface area (Å²) in [5, 5.41) is 25.9. The van der Waals surface area contributed by atoms with Crippen molar-refractivity contribution in [1.82, 2.24) is 5.16 Å². The Hall–Kier alpha value is -4.34. The number of ketones is 1. The second-order valence-corrected chi connectivity index (χ2v) is 6.82. The van der Waals surface area contributed by atoms with Crippen LogP contribution in [-0.4, -0.2) is 26.9 Å². The van der Waals surface area contributed by atoms with Crippen molar-refractivity contribution < 1.29 is 28.5 Å². The van der Waals surface area contributed by atoms with Gasteiger partial charge in [-0.15, -0.1) is 0 Å². The molecule has 156 valence electrons.